The van der Waals surface area contributed by atoms with Crippen LogP contribution in [0.5, 0.6) is 5.75 Å². The van der Waals surface area contributed by atoms with Crippen molar-refractivity contribution in [3.8, 4) is 5.75 Å². The van der Waals surface area contributed by atoms with Gasteiger partial charge in [-0.15, -0.1) is 0 Å². The number of nitrogens with zero attached hydrogens (tertiary/aromatic N) is 1. The normalized spacial score (nSPS) is 11.8. The third-order valence-electron chi connectivity index (χ3n) is 3.04. The van der Waals surface area contributed by atoms with Gasteiger partial charge in [0.2, 0.25) is 0 Å². The lowest BCUT2D eigenvalue weighted by atomic mass is 10.1. The maximum Gasteiger partial charge on any atom is 0.326 e. The number of hydrogen-bond acceptors (Lipinski definition) is 4. The molecule has 0 aliphatic rings. The summed E-state index contributed by atoms with van der Waals surface area (Å²) in [6.45, 7) is 3.50. The zero-order chi connectivity index (χ0) is 15.3. The highest BCUT2D eigenvalue weighted by atomic mass is 16.5. The van der Waals surface area contributed by atoms with Crippen molar-refractivity contribution in [1.82, 2.24) is 0 Å². The fourth-order valence-electron chi connectivity index (χ4n) is 1.90. The first-order chi connectivity index (χ1) is 9.36. The Bertz CT molecular complexity index is 500. The van der Waals surface area contributed by atoms with E-state index in [0.717, 1.165) is 5.56 Å². The van der Waals surface area contributed by atoms with Crippen molar-refractivity contribution in [2.45, 2.75) is 26.3 Å². The van der Waals surface area contributed by atoms with Crippen molar-refractivity contribution in [1.29, 1.82) is 0 Å². The Labute approximate surface area is 117 Å². The zero-order valence-corrected chi connectivity index (χ0v) is 11.8. The molecule has 0 spiro atoms. The average Bonchev–Trinajstić information content (AvgIpc) is 2.38. The third kappa shape index (κ3) is 3.88. The fraction of sp³-hybridized carbons (Fsp3) is 0.429. The van der Waals surface area contributed by atoms with Gasteiger partial charge in [-0.05, 0) is 31.5 Å². The van der Waals surface area contributed by atoms with Gasteiger partial charge in [-0.1, -0.05) is 6.07 Å². The lowest BCUT2D eigenvalue weighted by Crippen LogP contribution is -2.40. The van der Waals surface area contributed by atoms with Crippen LogP contribution in [0, 0.1) is 6.92 Å². The number of carbonyl (C=O) groups is 2. The molecule has 1 rings (SSSR count). The molecule has 0 saturated carbocycles. The monoisotopic (exact) mass is 281 g/mol. The molecule has 20 heavy (non-hydrogen) atoms. The number of methoxy groups -OCH3 is 1. The SMILES string of the molecule is COc1ccc(C)cc1N(CCC(=O)O)C(C)C(=O)O. The van der Waals surface area contributed by atoms with E-state index >= 15 is 0 Å². The molecule has 1 unspecified atom stereocenters. The predicted octanol–water partition coefficient (Wildman–Crippen LogP) is 1.76. The van der Waals surface area contributed by atoms with Crippen LogP contribution in [-0.2, 0) is 9.59 Å². The molecular formula is C14H19NO5. The van der Waals surface area contributed by atoms with E-state index in [1.807, 2.05) is 13.0 Å². The Hall–Kier alpha value is -2.24. The summed E-state index contributed by atoms with van der Waals surface area (Å²) in [4.78, 5) is 23.5. The Balaban J connectivity index is 3.17. The maximum atomic E-state index is 11.2. The minimum atomic E-state index is -1.01. The first kappa shape index (κ1) is 15.8. The number of hydrogen-bond donors (Lipinski definition) is 2. The van der Waals surface area contributed by atoms with Gasteiger partial charge in [0.15, 0.2) is 0 Å². The second-order valence-corrected chi connectivity index (χ2v) is 4.53. The summed E-state index contributed by atoms with van der Waals surface area (Å²) >= 11 is 0. The summed E-state index contributed by atoms with van der Waals surface area (Å²) in [5, 5.41) is 18.0. The van der Waals surface area contributed by atoms with E-state index < -0.39 is 18.0 Å². The summed E-state index contributed by atoms with van der Waals surface area (Å²) < 4.78 is 5.24. The highest BCUT2D eigenvalue weighted by molar-refractivity contribution is 5.79. The number of carboxylic acid groups (broad SMARTS) is 2. The molecule has 0 aromatic heterocycles. The number of aryl methyl sites for hydroxylation is 1. The van der Waals surface area contributed by atoms with Gasteiger partial charge in [-0.25, -0.2) is 4.79 Å². The van der Waals surface area contributed by atoms with Crippen molar-refractivity contribution >= 4 is 17.6 Å². The molecule has 110 valence electrons. The Morgan fingerprint density at radius 3 is 2.50 bits per heavy atom. The van der Waals surface area contributed by atoms with Gasteiger partial charge in [0, 0.05) is 6.54 Å². The molecule has 1 atom stereocenters. The summed E-state index contributed by atoms with van der Waals surface area (Å²) in [6.07, 6.45) is -0.144. The largest absolute Gasteiger partial charge is 0.495 e. The molecule has 6 nitrogen and oxygen atoms in total. The van der Waals surface area contributed by atoms with Gasteiger partial charge in [0.25, 0.3) is 0 Å². The number of benzene rings is 1. The summed E-state index contributed by atoms with van der Waals surface area (Å²) in [7, 11) is 1.50. The second-order valence-electron chi connectivity index (χ2n) is 4.53. The fourth-order valence-corrected chi connectivity index (χ4v) is 1.90. The van der Waals surface area contributed by atoms with E-state index in [2.05, 4.69) is 0 Å². The van der Waals surface area contributed by atoms with Crippen molar-refractivity contribution < 1.29 is 24.5 Å². The molecule has 1 aromatic rings. The quantitative estimate of drug-likeness (QED) is 0.792. The Morgan fingerprint density at radius 1 is 1.35 bits per heavy atom. The topological polar surface area (TPSA) is 87.1 Å². The molecule has 0 aliphatic heterocycles. The standard InChI is InChI=1S/C14H19NO5/c1-9-4-5-12(20-3)11(8-9)15(7-6-13(16)17)10(2)14(18)19/h4-5,8,10H,6-7H2,1-3H3,(H,16,17)(H,18,19). The molecule has 0 saturated heterocycles. The van der Waals surface area contributed by atoms with Gasteiger partial charge >= 0.3 is 11.9 Å². The number of rotatable bonds is 7. The van der Waals surface area contributed by atoms with Gasteiger partial charge < -0.3 is 19.8 Å². The van der Waals surface area contributed by atoms with Gasteiger partial charge in [-0.2, -0.15) is 0 Å². The van der Waals surface area contributed by atoms with Crippen molar-refractivity contribution in [2.24, 2.45) is 0 Å². The average molecular weight is 281 g/mol. The molecule has 0 amide bonds. The summed E-state index contributed by atoms with van der Waals surface area (Å²) in [6, 6.07) is 4.54. The van der Waals surface area contributed by atoms with Crippen molar-refractivity contribution in [3.05, 3.63) is 23.8 Å². The van der Waals surface area contributed by atoms with E-state index in [9.17, 15) is 14.7 Å². The zero-order valence-electron chi connectivity index (χ0n) is 11.8. The van der Waals surface area contributed by atoms with Gasteiger partial charge in [0.05, 0.1) is 19.2 Å². The first-order valence-corrected chi connectivity index (χ1v) is 6.22. The molecule has 1 aromatic carbocycles. The Morgan fingerprint density at radius 2 is 2.00 bits per heavy atom. The highest BCUT2D eigenvalue weighted by Gasteiger charge is 2.24. The van der Waals surface area contributed by atoms with E-state index in [0.29, 0.717) is 11.4 Å². The molecular weight excluding hydrogens is 262 g/mol. The van der Waals surface area contributed by atoms with Gasteiger partial charge in [0.1, 0.15) is 11.8 Å². The lowest BCUT2D eigenvalue weighted by Gasteiger charge is -2.29. The smallest absolute Gasteiger partial charge is 0.326 e. The van der Waals surface area contributed by atoms with E-state index in [4.69, 9.17) is 9.84 Å². The van der Waals surface area contributed by atoms with E-state index in [-0.39, 0.29) is 13.0 Å². The summed E-state index contributed by atoms with van der Waals surface area (Å²) in [5.41, 5.74) is 1.53. The number of ether oxygens (including phenoxy) is 1. The van der Waals surface area contributed by atoms with Crippen molar-refractivity contribution in [2.75, 3.05) is 18.6 Å². The lowest BCUT2D eigenvalue weighted by molar-refractivity contribution is -0.139. The highest BCUT2D eigenvalue weighted by Crippen LogP contribution is 2.31. The molecule has 2 N–H and O–H groups in total. The predicted molar refractivity (Wildman–Crippen MR) is 74.4 cm³/mol. The first-order valence-electron chi connectivity index (χ1n) is 6.22. The van der Waals surface area contributed by atoms with Crippen LogP contribution in [-0.4, -0.2) is 41.8 Å². The minimum absolute atomic E-state index is 0.0998. The Kier molecular flexibility index (Phi) is 5.37. The van der Waals surface area contributed by atoms with Crippen LogP contribution in [0.3, 0.4) is 0 Å². The van der Waals surface area contributed by atoms with Crippen LogP contribution >= 0.6 is 0 Å². The number of aliphatic carboxylic acids is 2. The van der Waals surface area contributed by atoms with E-state index in [1.54, 1.807) is 12.1 Å². The van der Waals surface area contributed by atoms with Gasteiger partial charge in [-0.3, -0.25) is 4.79 Å². The second kappa shape index (κ2) is 6.79. The number of carboxylic acids is 2. The molecule has 0 aliphatic carbocycles. The minimum Gasteiger partial charge on any atom is -0.495 e. The molecule has 6 heteroatoms. The van der Waals surface area contributed by atoms with Crippen molar-refractivity contribution in [3.63, 3.8) is 0 Å². The van der Waals surface area contributed by atoms with Crippen LogP contribution in [0.25, 0.3) is 0 Å². The van der Waals surface area contributed by atoms with E-state index in [1.165, 1.54) is 18.9 Å². The molecule has 0 radical (unpaired) electrons. The van der Waals surface area contributed by atoms with Crippen LogP contribution in [0.4, 0.5) is 5.69 Å². The summed E-state index contributed by atoms with van der Waals surface area (Å²) in [5.74, 6) is -1.47. The number of anilines is 1. The van der Waals surface area contributed by atoms with Crippen LogP contribution in [0.1, 0.15) is 18.9 Å². The maximum absolute atomic E-state index is 11.2. The molecule has 0 fully saturated rings. The van der Waals surface area contributed by atoms with Crippen LogP contribution in [0.2, 0.25) is 0 Å². The molecule has 0 heterocycles. The third-order valence-corrected chi connectivity index (χ3v) is 3.04. The van der Waals surface area contributed by atoms with Crippen LogP contribution in [0.15, 0.2) is 18.2 Å². The van der Waals surface area contributed by atoms with Crippen LogP contribution < -0.4 is 9.64 Å². The molecule has 0 bridgehead atoms.